The highest BCUT2D eigenvalue weighted by Crippen LogP contribution is 2.44. The number of thiophene rings is 1. The average Bonchev–Trinajstić information content (AvgIpc) is 3.49. The van der Waals surface area contributed by atoms with Gasteiger partial charge in [0, 0.05) is 11.4 Å². The highest BCUT2D eigenvalue weighted by atomic mass is 32.2. The van der Waals surface area contributed by atoms with Crippen molar-refractivity contribution in [3.05, 3.63) is 47.1 Å². The van der Waals surface area contributed by atoms with E-state index in [-0.39, 0.29) is 17.1 Å². The van der Waals surface area contributed by atoms with Crippen LogP contribution >= 0.6 is 23.1 Å². The van der Waals surface area contributed by atoms with Gasteiger partial charge in [0.15, 0.2) is 10.9 Å². The zero-order chi connectivity index (χ0) is 23.6. The highest BCUT2D eigenvalue weighted by Gasteiger charge is 2.32. The molecule has 172 valence electrons. The summed E-state index contributed by atoms with van der Waals surface area (Å²) in [5.74, 6) is 1.76. The summed E-state index contributed by atoms with van der Waals surface area (Å²) in [6.07, 6.45) is 6.26. The third-order valence-electron chi connectivity index (χ3n) is 5.96. The lowest BCUT2D eigenvalue weighted by atomic mass is 9.72. The van der Waals surface area contributed by atoms with Crippen molar-refractivity contribution in [1.29, 1.82) is 5.26 Å². The number of allylic oxidation sites excluding steroid dienone is 1. The Hall–Kier alpha value is -2.83. The number of hydrogen-bond acceptors (Lipinski definition) is 7. The predicted octanol–water partition coefficient (Wildman–Crippen LogP) is 5.54. The van der Waals surface area contributed by atoms with Gasteiger partial charge in [0.25, 0.3) is 0 Å². The summed E-state index contributed by atoms with van der Waals surface area (Å²) in [6.45, 7) is 11.1. The van der Waals surface area contributed by atoms with Gasteiger partial charge in [-0.1, -0.05) is 38.6 Å². The van der Waals surface area contributed by atoms with E-state index in [4.69, 9.17) is 4.42 Å². The molecule has 9 heteroatoms. The topological polar surface area (TPSA) is 96.7 Å². The van der Waals surface area contributed by atoms with Gasteiger partial charge in [0.05, 0.1) is 17.6 Å². The molecular formula is C24H27N5O2S2. The minimum Gasteiger partial charge on any atom is -0.461 e. The molecule has 3 heterocycles. The van der Waals surface area contributed by atoms with Crippen molar-refractivity contribution < 1.29 is 9.21 Å². The van der Waals surface area contributed by atoms with Gasteiger partial charge in [-0.2, -0.15) is 5.26 Å². The van der Waals surface area contributed by atoms with Crippen LogP contribution in [-0.2, 0) is 24.2 Å². The molecule has 0 spiro atoms. The standard InChI is InChI=1S/C24H27N5O2S2/c1-5-10-29-21(18-7-6-11-31-18)27-28-23(29)32-14-20(30)26-22-17(13-25)16-9-8-15(24(2,3)4)12-19(16)33-22/h5-7,11,15H,1,8-10,12,14H2,2-4H3,(H,26,30). The summed E-state index contributed by atoms with van der Waals surface area (Å²) in [4.78, 5) is 14.0. The molecule has 0 saturated heterocycles. The Bertz CT molecular complexity index is 1190. The molecule has 0 aliphatic heterocycles. The Kier molecular flexibility index (Phi) is 6.77. The molecule has 0 fully saturated rings. The number of carbonyl (C=O) groups excluding carboxylic acids is 1. The fourth-order valence-corrected chi connectivity index (χ4v) is 6.14. The molecule has 1 atom stereocenters. The first-order chi connectivity index (χ1) is 15.8. The van der Waals surface area contributed by atoms with Crippen molar-refractivity contribution >= 4 is 34.0 Å². The monoisotopic (exact) mass is 481 g/mol. The second-order valence-corrected chi connectivity index (χ2v) is 11.2. The summed E-state index contributed by atoms with van der Waals surface area (Å²) in [5.41, 5.74) is 1.96. The van der Waals surface area contributed by atoms with Gasteiger partial charge in [0.2, 0.25) is 11.7 Å². The summed E-state index contributed by atoms with van der Waals surface area (Å²) >= 11 is 2.84. The van der Waals surface area contributed by atoms with Crippen molar-refractivity contribution in [2.24, 2.45) is 11.3 Å². The van der Waals surface area contributed by atoms with Gasteiger partial charge in [-0.05, 0) is 48.3 Å². The van der Waals surface area contributed by atoms with E-state index in [1.165, 1.54) is 16.6 Å². The summed E-state index contributed by atoms with van der Waals surface area (Å²) in [7, 11) is 0. The van der Waals surface area contributed by atoms with Gasteiger partial charge < -0.3 is 9.73 Å². The SMILES string of the molecule is C=CCn1c(SCC(=O)Nc2sc3c(c2C#N)CCC(C(C)(C)C)C3)nnc1-c1ccco1. The molecule has 4 rings (SSSR count). The number of aromatic nitrogens is 3. The summed E-state index contributed by atoms with van der Waals surface area (Å²) in [6, 6.07) is 5.93. The Morgan fingerprint density at radius 1 is 1.48 bits per heavy atom. The Morgan fingerprint density at radius 3 is 2.97 bits per heavy atom. The first kappa shape index (κ1) is 23.3. The van der Waals surface area contributed by atoms with Crippen molar-refractivity contribution in [3.8, 4) is 17.7 Å². The molecule has 0 aromatic carbocycles. The van der Waals surface area contributed by atoms with E-state index in [0.29, 0.717) is 39.8 Å². The molecule has 3 aromatic rings. The first-order valence-electron chi connectivity index (χ1n) is 10.9. The van der Waals surface area contributed by atoms with Gasteiger partial charge >= 0.3 is 0 Å². The van der Waals surface area contributed by atoms with E-state index < -0.39 is 0 Å². The van der Waals surface area contributed by atoms with Crippen molar-refractivity contribution in [2.75, 3.05) is 11.1 Å². The first-order valence-corrected chi connectivity index (χ1v) is 12.7. The van der Waals surface area contributed by atoms with Gasteiger partial charge in [-0.15, -0.1) is 28.1 Å². The third-order valence-corrected chi connectivity index (χ3v) is 8.09. The van der Waals surface area contributed by atoms with Crippen LogP contribution in [0.1, 0.15) is 43.2 Å². The number of nitrogens with one attached hydrogen (secondary N) is 1. The number of nitrogens with zero attached hydrogens (tertiary/aromatic N) is 4. The van der Waals surface area contributed by atoms with Gasteiger partial charge in [-0.3, -0.25) is 9.36 Å². The molecule has 1 unspecified atom stereocenters. The number of rotatable bonds is 7. The van der Waals surface area contributed by atoms with Crippen LogP contribution in [0.25, 0.3) is 11.6 Å². The second kappa shape index (κ2) is 9.57. The van der Waals surface area contributed by atoms with E-state index >= 15 is 0 Å². The Balaban J connectivity index is 1.46. The van der Waals surface area contributed by atoms with E-state index in [1.807, 2.05) is 10.6 Å². The van der Waals surface area contributed by atoms with Crippen molar-refractivity contribution in [1.82, 2.24) is 14.8 Å². The van der Waals surface area contributed by atoms with Gasteiger partial charge in [0.1, 0.15) is 11.1 Å². The normalized spacial score (nSPS) is 15.6. The smallest absolute Gasteiger partial charge is 0.235 e. The van der Waals surface area contributed by atoms with E-state index in [0.717, 1.165) is 24.8 Å². The molecule has 1 amide bonds. The second-order valence-electron chi connectivity index (χ2n) is 9.15. The van der Waals surface area contributed by atoms with Crippen LogP contribution < -0.4 is 5.32 Å². The summed E-state index contributed by atoms with van der Waals surface area (Å²) in [5, 5.41) is 22.4. The lowest BCUT2D eigenvalue weighted by molar-refractivity contribution is -0.113. The number of hydrogen-bond donors (Lipinski definition) is 1. The van der Waals surface area contributed by atoms with Crippen LogP contribution in [0.4, 0.5) is 5.00 Å². The Morgan fingerprint density at radius 2 is 2.30 bits per heavy atom. The van der Waals surface area contributed by atoms with Crippen LogP contribution in [-0.4, -0.2) is 26.4 Å². The van der Waals surface area contributed by atoms with Gasteiger partial charge in [-0.25, -0.2) is 0 Å². The lowest BCUT2D eigenvalue weighted by Crippen LogP contribution is -2.26. The minimum absolute atomic E-state index is 0.158. The number of carbonyl (C=O) groups is 1. The zero-order valence-electron chi connectivity index (χ0n) is 19.1. The number of amides is 1. The van der Waals surface area contributed by atoms with Crippen LogP contribution in [0.3, 0.4) is 0 Å². The zero-order valence-corrected chi connectivity index (χ0v) is 20.7. The van der Waals surface area contributed by atoms with Crippen molar-refractivity contribution in [3.63, 3.8) is 0 Å². The number of anilines is 1. The largest absolute Gasteiger partial charge is 0.461 e. The van der Waals surface area contributed by atoms with Crippen LogP contribution in [0, 0.1) is 22.7 Å². The quantitative estimate of drug-likeness (QED) is 0.352. The number of furan rings is 1. The number of thioether (sulfide) groups is 1. The van der Waals surface area contributed by atoms with Crippen molar-refractivity contribution in [2.45, 2.75) is 51.7 Å². The molecule has 1 aliphatic carbocycles. The molecular weight excluding hydrogens is 454 g/mol. The van der Waals surface area contributed by atoms with Crippen LogP contribution in [0.5, 0.6) is 0 Å². The fraction of sp³-hybridized carbons (Fsp3) is 0.417. The molecule has 0 saturated carbocycles. The predicted molar refractivity (Wildman–Crippen MR) is 131 cm³/mol. The van der Waals surface area contributed by atoms with Crippen LogP contribution in [0.15, 0.2) is 40.6 Å². The average molecular weight is 482 g/mol. The fourth-order valence-electron chi connectivity index (χ4n) is 4.10. The maximum atomic E-state index is 12.8. The molecule has 7 nitrogen and oxygen atoms in total. The minimum atomic E-state index is -0.171. The molecule has 1 N–H and O–H groups in total. The summed E-state index contributed by atoms with van der Waals surface area (Å²) < 4.78 is 7.30. The van der Waals surface area contributed by atoms with Crippen LogP contribution in [0.2, 0.25) is 0 Å². The Labute approximate surface area is 201 Å². The van der Waals surface area contributed by atoms with E-state index in [2.05, 4.69) is 48.9 Å². The molecule has 1 aliphatic rings. The third kappa shape index (κ3) is 4.92. The highest BCUT2D eigenvalue weighted by molar-refractivity contribution is 7.99. The van der Waals surface area contributed by atoms with E-state index in [1.54, 1.807) is 29.7 Å². The maximum Gasteiger partial charge on any atom is 0.235 e. The lowest BCUT2D eigenvalue weighted by Gasteiger charge is -2.33. The molecule has 33 heavy (non-hydrogen) atoms. The molecule has 3 aromatic heterocycles. The van der Waals surface area contributed by atoms with E-state index in [9.17, 15) is 10.1 Å². The number of fused-ring (bicyclic) bond motifs is 1. The molecule has 0 radical (unpaired) electrons. The number of nitriles is 1. The molecule has 0 bridgehead atoms. The maximum absolute atomic E-state index is 12.8.